The zero-order valence-corrected chi connectivity index (χ0v) is 19.4. The normalized spacial score (nSPS) is 13.6. The summed E-state index contributed by atoms with van der Waals surface area (Å²) in [5, 5.41) is 23.5. The second-order valence-corrected chi connectivity index (χ2v) is 8.14. The van der Waals surface area contributed by atoms with Gasteiger partial charge in [-0.3, -0.25) is 0 Å². The highest BCUT2D eigenvalue weighted by atomic mass is 16.5. The Labute approximate surface area is 191 Å². The van der Waals surface area contributed by atoms with Gasteiger partial charge in [0.05, 0.1) is 37.0 Å². The predicted octanol–water partition coefficient (Wildman–Crippen LogP) is 4.73. The summed E-state index contributed by atoms with van der Waals surface area (Å²) >= 11 is 0. The van der Waals surface area contributed by atoms with Gasteiger partial charge in [-0.1, -0.05) is 38.5 Å². The molecule has 0 aliphatic carbocycles. The van der Waals surface area contributed by atoms with E-state index < -0.39 is 12.1 Å². The average Bonchev–Trinajstić information content (AvgIpc) is 2.82. The highest BCUT2D eigenvalue weighted by molar-refractivity contribution is 5.90. The fraction of sp³-hybridized carbons (Fsp3) is 0.462. The predicted molar refractivity (Wildman–Crippen MR) is 125 cm³/mol. The number of carbonyl (C=O) groups is 1. The molecule has 172 valence electrons. The van der Waals surface area contributed by atoms with E-state index in [9.17, 15) is 15.2 Å². The molecule has 6 nitrogen and oxygen atoms in total. The van der Waals surface area contributed by atoms with Crippen LogP contribution in [0.4, 0.5) is 0 Å². The number of methoxy groups -OCH3 is 1. The van der Waals surface area contributed by atoms with Crippen LogP contribution >= 0.6 is 0 Å². The van der Waals surface area contributed by atoms with Crippen molar-refractivity contribution < 1.29 is 19.4 Å². The summed E-state index contributed by atoms with van der Waals surface area (Å²) < 4.78 is 10.5. The van der Waals surface area contributed by atoms with Gasteiger partial charge in [-0.2, -0.15) is 5.26 Å². The number of nitrogens with one attached hydrogen (secondary N) is 1. The van der Waals surface area contributed by atoms with E-state index in [1.54, 1.807) is 19.2 Å². The molecule has 0 bridgehead atoms. The van der Waals surface area contributed by atoms with E-state index in [4.69, 9.17) is 9.47 Å². The van der Waals surface area contributed by atoms with Crippen molar-refractivity contribution in [3.63, 3.8) is 0 Å². The van der Waals surface area contributed by atoms with Gasteiger partial charge < -0.3 is 19.9 Å². The maximum absolute atomic E-state index is 12.2. The first kappa shape index (κ1) is 25.4. The zero-order chi connectivity index (χ0) is 23.5. The van der Waals surface area contributed by atoms with Gasteiger partial charge in [0, 0.05) is 12.6 Å². The Kier molecular flexibility index (Phi) is 10.2. The van der Waals surface area contributed by atoms with E-state index in [1.807, 2.05) is 37.3 Å². The smallest absolute Gasteiger partial charge is 0.338 e. The number of ether oxygens (including phenoxy) is 2. The van der Waals surface area contributed by atoms with Crippen molar-refractivity contribution in [1.29, 1.82) is 5.26 Å². The van der Waals surface area contributed by atoms with Crippen LogP contribution in [0.2, 0.25) is 0 Å². The molecule has 2 rings (SSSR count). The van der Waals surface area contributed by atoms with Gasteiger partial charge in [-0.15, -0.1) is 0 Å². The summed E-state index contributed by atoms with van der Waals surface area (Å²) in [5.74, 6) is 0.423. The summed E-state index contributed by atoms with van der Waals surface area (Å²) in [7, 11) is 1.60. The lowest BCUT2D eigenvalue weighted by Crippen LogP contribution is -2.31. The quantitative estimate of drug-likeness (QED) is 0.368. The largest absolute Gasteiger partial charge is 0.497 e. The standard InChI is InChI=1S/C26H34N2O4/c1-5-6-12-32-26(30)21-10-11-24(22(14-21)16-27)18(2)13-19(3)28-17-25(29)20-8-7-9-23(15-20)31-4/h7-11,14-15,18-19,25,28-29H,5-6,12-13,17H2,1-4H3. The second kappa shape index (κ2) is 12.8. The molecule has 0 saturated carbocycles. The summed E-state index contributed by atoms with van der Waals surface area (Å²) in [6.45, 7) is 6.95. The molecule has 0 aliphatic heterocycles. The molecule has 0 spiro atoms. The van der Waals surface area contributed by atoms with Gasteiger partial charge in [0.15, 0.2) is 0 Å². The minimum Gasteiger partial charge on any atom is -0.497 e. The van der Waals surface area contributed by atoms with Gasteiger partial charge in [0.2, 0.25) is 0 Å². The Hall–Kier alpha value is -2.88. The Morgan fingerprint density at radius 3 is 2.69 bits per heavy atom. The fourth-order valence-electron chi connectivity index (χ4n) is 3.62. The summed E-state index contributed by atoms with van der Waals surface area (Å²) in [4.78, 5) is 12.2. The number of benzene rings is 2. The molecule has 0 fully saturated rings. The van der Waals surface area contributed by atoms with Crippen molar-refractivity contribution in [2.45, 2.75) is 58.1 Å². The fourth-order valence-corrected chi connectivity index (χ4v) is 3.62. The molecule has 2 aromatic rings. The van der Waals surface area contributed by atoms with Gasteiger partial charge >= 0.3 is 5.97 Å². The molecule has 2 N–H and O–H groups in total. The molecule has 6 heteroatoms. The first-order valence-corrected chi connectivity index (χ1v) is 11.2. The number of aliphatic hydroxyl groups excluding tert-OH is 1. The minimum atomic E-state index is -0.643. The Bertz CT molecular complexity index is 922. The minimum absolute atomic E-state index is 0.103. The maximum atomic E-state index is 12.2. The molecule has 3 atom stereocenters. The van der Waals surface area contributed by atoms with Crippen molar-refractivity contribution in [3.05, 3.63) is 64.7 Å². The maximum Gasteiger partial charge on any atom is 0.338 e. The van der Waals surface area contributed by atoms with Crippen LogP contribution in [0.3, 0.4) is 0 Å². The zero-order valence-electron chi connectivity index (χ0n) is 19.4. The highest BCUT2D eigenvalue weighted by Gasteiger charge is 2.18. The number of hydrogen-bond donors (Lipinski definition) is 2. The van der Waals surface area contributed by atoms with Crippen LogP contribution < -0.4 is 10.1 Å². The van der Waals surface area contributed by atoms with Crippen molar-refractivity contribution in [3.8, 4) is 11.8 Å². The number of nitrogens with zero attached hydrogens (tertiary/aromatic N) is 1. The molecule has 3 unspecified atom stereocenters. The van der Waals surface area contributed by atoms with E-state index in [0.29, 0.717) is 30.0 Å². The number of carbonyl (C=O) groups excluding carboxylic acids is 1. The van der Waals surface area contributed by atoms with Crippen LogP contribution in [0.5, 0.6) is 5.75 Å². The van der Waals surface area contributed by atoms with Crippen LogP contribution in [-0.2, 0) is 4.74 Å². The lowest BCUT2D eigenvalue weighted by molar-refractivity contribution is 0.0499. The topological polar surface area (TPSA) is 91.6 Å². The third-order valence-corrected chi connectivity index (χ3v) is 5.52. The monoisotopic (exact) mass is 438 g/mol. The molecule has 0 radical (unpaired) electrons. The Morgan fingerprint density at radius 1 is 1.22 bits per heavy atom. The lowest BCUT2D eigenvalue weighted by Gasteiger charge is -2.22. The van der Waals surface area contributed by atoms with E-state index in [1.165, 1.54) is 0 Å². The van der Waals surface area contributed by atoms with Gasteiger partial charge in [-0.25, -0.2) is 4.79 Å². The molecule has 2 aromatic carbocycles. The Morgan fingerprint density at radius 2 is 2.00 bits per heavy atom. The van der Waals surface area contributed by atoms with E-state index in [2.05, 4.69) is 25.2 Å². The van der Waals surface area contributed by atoms with Crippen molar-refractivity contribution in [2.75, 3.05) is 20.3 Å². The van der Waals surface area contributed by atoms with Crippen LogP contribution in [0.25, 0.3) is 0 Å². The first-order chi connectivity index (χ1) is 15.4. The SMILES string of the molecule is CCCCOC(=O)c1ccc(C(C)CC(C)NCC(O)c2cccc(OC)c2)c(C#N)c1. The molecule has 0 saturated heterocycles. The summed E-state index contributed by atoms with van der Waals surface area (Å²) in [5.41, 5.74) is 2.59. The molecule has 0 amide bonds. The van der Waals surface area contributed by atoms with Gasteiger partial charge in [-0.05, 0) is 61.1 Å². The number of nitriles is 1. The number of unbranched alkanes of at least 4 members (excludes halogenated alkanes) is 1. The lowest BCUT2D eigenvalue weighted by atomic mass is 9.90. The second-order valence-electron chi connectivity index (χ2n) is 8.14. The third-order valence-electron chi connectivity index (χ3n) is 5.52. The number of rotatable bonds is 12. The van der Waals surface area contributed by atoms with E-state index >= 15 is 0 Å². The molecular formula is C26H34N2O4. The van der Waals surface area contributed by atoms with Gasteiger partial charge in [0.25, 0.3) is 0 Å². The van der Waals surface area contributed by atoms with Crippen molar-refractivity contribution >= 4 is 5.97 Å². The van der Waals surface area contributed by atoms with Crippen LogP contribution in [0, 0.1) is 11.3 Å². The van der Waals surface area contributed by atoms with Crippen LogP contribution in [0.1, 0.15) is 79.1 Å². The van der Waals surface area contributed by atoms with Crippen LogP contribution in [0.15, 0.2) is 42.5 Å². The van der Waals surface area contributed by atoms with E-state index in [0.717, 1.165) is 30.4 Å². The Balaban J connectivity index is 1.95. The third kappa shape index (κ3) is 7.37. The van der Waals surface area contributed by atoms with Gasteiger partial charge in [0.1, 0.15) is 5.75 Å². The number of aliphatic hydroxyl groups is 1. The highest BCUT2D eigenvalue weighted by Crippen LogP contribution is 2.26. The summed E-state index contributed by atoms with van der Waals surface area (Å²) in [6, 6.07) is 14.9. The van der Waals surface area contributed by atoms with Crippen LogP contribution in [-0.4, -0.2) is 37.4 Å². The molecular weight excluding hydrogens is 404 g/mol. The van der Waals surface area contributed by atoms with E-state index in [-0.39, 0.29) is 12.0 Å². The number of hydrogen-bond acceptors (Lipinski definition) is 6. The first-order valence-electron chi connectivity index (χ1n) is 11.2. The molecule has 0 aliphatic rings. The van der Waals surface area contributed by atoms with Crippen molar-refractivity contribution in [2.24, 2.45) is 0 Å². The summed E-state index contributed by atoms with van der Waals surface area (Å²) in [6.07, 6.45) is 1.91. The average molecular weight is 439 g/mol. The number of esters is 1. The molecule has 0 heterocycles. The molecule has 0 aromatic heterocycles. The molecule has 32 heavy (non-hydrogen) atoms. The van der Waals surface area contributed by atoms with Crippen molar-refractivity contribution in [1.82, 2.24) is 5.32 Å².